The monoisotopic (exact) mass is 508 g/mol. The number of hydrogen-bond acceptors (Lipinski definition) is 6. The molecule has 3 aromatic rings. The summed E-state index contributed by atoms with van der Waals surface area (Å²) >= 11 is 1.12. The number of nitrogens with zero attached hydrogens (tertiary/aromatic N) is 2. The van der Waals surface area contributed by atoms with Gasteiger partial charge >= 0.3 is 12.3 Å². The van der Waals surface area contributed by atoms with Gasteiger partial charge in [-0.15, -0.1) is 11.3 Å². The molecule has 0 aliphatic carbocycles. The molecule has 8 nitrogen and oxygen atoms in total. The normalized spacial score (nSPS) is 16.5. The summed E-state index contributed by atoms with van der Waals surface area (Å²) in [5.74, 6) is -0.827. The van der Waals surface area contributed by atoms with Crippen LogP contribution in [0.4, 0.5) is 23.1 Å². The van der Waals surface area contributed by atoms with Gasteiger partial charge in [-0.25, -0.2) is 9.78 Å². The first kappa shape index (κ1) is 24.7. The molecule has 35 heavy (non-hydrogen) atoms. The van der Waals surface area contributed by atoms with Crippen LogP contribution in [0.25, 0.3) is 10.9 Å². The zero-order valence-electron chi connectivity index (χ0n) is 19.2. The Kier molecular flexibility index (Phi) is 6.34. The van der Waals surface area contributed by atoms with Crippen LogP contribution in [-0.2, 0) is 10.9 Å². The molecule has 0 unspecified atom stereocenters. The van der Waals surface area contributed by atoms with Crippen LogP contribution < -0.4 is 10.7 Å². The second kappa shape index (κ2) is 8.99. The van der Waals surface area contributed by atoms with Crippen molar-refractivity contribution in [2.45, 2.75) is 51.4 Å². The third-order valence-corrected chi connectivity index (χ3v) is 6.15. The second-order valence-electron chi connectivity index (χ2n) is 9.09. The fraction of sp³-hybridized carbons (Fsp3) is 0.391. The number of carbonyl (C=O) groups is 2. The minimum atomic E-state index is -4.75. The number of thiazole rings is 1. The van der Waals surface area contributed by atoms with Crippen LogP contribution in [0.3, 0.4) is 0 Å². The number of fused-ring (bicyclic) bond motifs is 1. The third kappa shape index (κ3) is 5.02. The molecule has 2 aromatic heterocycles. The predicted molar refractivity (Wildman–Crippen MR) is 125 cm³/mol. The highest BCUT2D eigenvalue weighted by atomic mass is 32.1. The number of rotatable bonds is 3. The Bertz CT molecular complexity index is 1330. The number of benzene rings is 1. The van der Waals surface area contributed by atoms with Crippen molar-refractivity contribution < 1.29 is 27.5 Å². The summed E-state index contributed by atoms with van der Waals surface area (Å²) in [6.07, 6.45) is -3.13. The lowest BCUT2D eigenvalue weighted by molar-refractivity contribution is -0.136. The van der Waals surface area contributed by atoms with Gasteiger partial charge < -0.3 is 9.72 Å². The van der Waals surface area contributed by atoms with Gasteiger partial charge in [-0.2, -0.15) is 13.2 Å². The summed E-state index contributed by atoms with van der Waals surface area (Å²) < 4.78 is 46.8. The van der Waals surface area contributed by atoms with E-state index < -0.39 is 46.3 Å². The molecule has 1 aliphatic rings. The van der Waals surface area contributed by atoms with Gasteiger partial charge in [-0.3, -0.25) is 19.8 Å². The van der Waals surface area contributed by atoms with Gasteiger partial charge in [0, 0.05) is 23.5 Å². The first-order valence-electron chi connectivity index (χ1n) is 10.8. The highest BCUT2D eigenvalue weighted by Gasteiger charge is 2.39. The molecule has 3 heterocycles. The van der Waals surface area contributed by atoms with Crippen molar-refractivity contribution in [1.82, 2.24) is 14.9 Å². The molecule has 186 valence electrons. The number of ether oxygens (including phenoxy) is 1. The molecule has 0 bridgehead atoms. The van der Waals surface area contributed by atoms with E-state index in [9.17, 15) is 27.6 Å². The Morgan fingerprint density at radius 1 is 1.26 bits per heavy atom. The number of H-pyrrole nitrogens is 1. The lowest BCUT2D eigenvalue weighted by Crippen LogP contribution is -2.38. The van der Waals surface area contributed by atoms with Crippen LogP contribution >= 0.6 is 11.3 Å². The number of carbonyl (C=O) groups excluding carboxylic acids is 2. The maximum atomic E-state index is 13.8. The minimum Gasteiger partial charge on any atom is -0.444 e. The Morgan fingerprint density at radius 2 is 2.00 bits per heavy atom. The summed E-state index contributed by atoms with van der Waals surface area (Å²) in [5.41, 5.74) is -3.60. The van der Waals surface area contributed by atoms with Crippen LogP contribution in [-0.4, -0.2) is 39.0 Å². The molecule has 12 heteroatoms. The largest absolute Gasteiger partial charge is 0.444 e. The Hall–Kier alpha value is -3.41. The summed E-state index contributed by atoms with van der Waals surface area (Å²) in [5, 5.41) is 4.09. The summed E-state index contributed by atoms with van der Waals surface area (Å²) in [6, 6.07) is 2.34. The molecular formula is C23H23F3N4O4S. The van der Waals surface area contributed by atoms with E-state index in [0.717, 1.165) is 23.5 Å². The predicted octanol–water partition coefficient (Wildman–Crippen LogP) is 5.33. The van der Waals surface area contributed by atoms with Gasteiger partial charge in [-0.05, 0) is 45.7 Å². The quantitative estimate of drug-likeness (QED) is 0.498. The van der Waals surface area contributed by atoms with Crippen molar-refractivity contribution in [3.63, 3.8) is 0 Å². The van der Waals surface area contributed by atoms with E-state index in [4.69, 9.17) is 4.74 Å². The number of alkyl halides is 3. The first-order chi connectivity index (χ1) is 16.4. The average molecular weight is 509 g/mol. The molecule has 2 amide bonds. The lowest BCUT2D eigenvalue weighted by Gasteiger charge is -2.29. The fourth-order valence-corrected chi connectivity index (χ4v) is 4.62. The minimum absolute atomic E-state index is 0.0726. The van der Waals surface area contributed by atoms with E-state index >= 15 is 0 Å². The zero-order chi connectivity index (χ0) is 25.5. The van der Waals surface area contributed by atoms with Gasteiger partial charge in [-0.1, -0.05) is 6.07 Å². The molecule has 1 aliphatic heterocycles. The summed E-state index contributed by atoms with van der Waals surface area (Å²) in [7, 11) is 0. The number of anilines is 1. The fourth-order valence-electron chi connectivity index (χ4n) is 4.09. The number of halogens is 3. The van der Waals surface area contributed by atoms with Crippen molar-refractivity contribution in [1.29, 1.82) is 0 Å². The van der Waals surface area contributed by atoms with Crippen molar-refractivity contribution in [3.05, 3.63) is 56.8 Å². The number of aromatic nitrogens is 2. The van der Waals surface area contributed by atoms with Crippen molar-refractivity contribution >= 4 is 39.4 Å². The molecule has 1 fully saturated rings. The number of pyridine rings is 1. The highest BCUT2D eigenvalue weighted by Crippen LogP contribution is 2.37. The van der Waals surface area contributed by atoms with Crippen LogP contribution in [0.15, 0.2) is 34.6 Å². The number of hydrogen-bond donors (Lipinski definition) is 2. The van der Waals surface area contributed by atoms with Crippen LogP contribution in [0.1, 0.15) is 61.3 Å². The van der Waals surface area contributed by atoms with Crippen LogP contribution in [0.5, 0.6) is 0 Å². The summed E-state index contributed by atoms with van der Waals surface area (Å²) in [4.78, 5) is 47.6. The number of amides is 2. The number of aromatic amines is 1. The lowest BCUT2D eigenvalue weighted by atomic mass is 9.99. The standard InChI is InChI=1S/C23H23F3N4O4S/c1-22(2,3)34-21(33)30-10-5-8-14(30)17-15(19(32)29-20-27-9-11-35-20)18(31)12-6-4-7-13(16(12)28-17)23(24,25)26/h4,6-7,9,11,14H,5,8,10H2,1-3H3,(H,28,31)(H,27,29,32)/t14-/m0/s1. The molecule has 4 rings (SSSR count). The van der Waals surface area contributed by atoms with Gasteiger partial charge in [0.2, 0.25) is 5.43 Å². The zero-order valence-corrected chi connectivity index (χ0v) is 20.0. The Morgan fingerprint density at radius 3 is 2.63 bits per heavy atom. The van der Waals surface area contributed by atoms with Crippen LogP contribution in [0.2, 0.25) is 0 Å². The Labute approximate surface area is 202 Å². The Balaban J connectivity index is 1.91. The van der Waals surface area contributed by atoms with Gasteiger partial charge in [0.1, 0.15) is 11.2 Å². The number of nitrogens with one attached hydrogen (secondary N) is 2. The van der Waals surface area contributed by atoms with Crippen molar-refractivity contribution in [2.24, 2.45) is 0 Å². The molecule has 0 radical (unpaired) electrons. The van der Waals surface area contributed by atoms with E-state index in [2.05, 4.69) is 15.3 Å². The molecule has 0 spiro atoms. The van der Waals surface area contributed by atoms with Gasteiger partial charge in [0.25, 0.3) is 5.91 Å². The van der Waals surface area contributed by atoms with E-state index in [0.29, 0.717) is 12.8 Å². The number of para-hydroxylation sites is 1. The maximum Gasteiger partial charge on any atom is 0.418 e. The molecule has 0 saturated carbocycles. The molecule has 1 atom stereocenters. The van der Waals surface area contributed by atoms with Crippen molar-refractivity contribution in [3.8, 4) is 0 Å². The number of likely N-dealkylation sites (tertiary alicyclic amines) is 1. The van der Waals surface area contributed by atoms with E-state index in [-0.39, 0.29) is 28.3 Å². The van der Waals surface area contributed by atoms with Gasteiger partial charge in [0.15, 0.2) is 5.13 Å². The third-order valence-electron chi connectivity index (χ3n) is 5.46. The molecule has 1 aromatic carbocycles. The van der Waals surface area contributed by atoms with Crippen LogP contribution in [0, 0.1) is 0 Å². The molecule has 2 N–H and O–H groups in total. The van der Waals surface area contributed by atoms with Crippen molar-refractivity contribution in [2.75, 3.05) is 11.9 Å². The summed E-state index contributed by atoms with van der Waals surface area (Å²) in [6.45, 7) is 5.33. The van der Waals surface area contributed by atoms with E-state index in [1.54, 1.807) is 26.2 Å². The SMILES string of the molecule is CC(C)(C)OC(=O)N1CCC[C@H]1c1[nH]c2c(C(F)(F)F)cccc2c(=O)c1C(=O)Nc1nccs1. The first-order valence-corrected chi connectivity index (χ1v) is 11.7. The smallest absolute Gasteiger partial charge is 0.418 e. The highest BCUT2D eigenvalue weighted by molar-refractivity contribution is 7.13. The average Bonchev–Trinajstić information content (AvgIpc) is 3.43. The topological polar surface area (TPSA) is 104 Å². The van der Waals surface area contributed by atoms with Gasteiger partial charge in [0.05, 0.1) is 22.8 Å². The molecular weight excluding hydrogens is 485 g/mol. The molecule has 1 saturated heterocycles. The van der Waals surface area contributed by atoms with E-state index in [1.165, 1.54) is 17.2 Å². The second-order valence-corrected chi connectivity index (χ2v) is 9.99. The maximum absolute atomic E-state index is 13.8. The van der Waals surface area contributed by atoms with E-state index in [1.807, 2.05) is 0 Å².